The molecule has 0 aromatic heterocycles. The number of benzene rings is 2. The quantitative estimate of drug-likeness (QED) is 0.767. The highest BCUT2D eigenvalue weighted by molar-refractivity contribution is 5.84. The van der Waals surface area contributed by atoms with Crippen LogP contribution in [0.2, 0.25) is 0 Å². The van der Waals surface area contributed by atoms with Crippen molar-refractivity contribution in [2.24, 2.45) is 0 Å². The molecule has 0 aliphatic carbocycles. The van der Waals surface area contributed by atoms with Crippen LogP contribution in [0.15, 0.2) is 48.5 Å². The van der Waals surface area contributed by atoms with Crippen molar-refractivity contribution < 1.29 is 14.3 Å². The van der Waals surface area contributed by atoms with Crippen LogP contribution in [0, 0.1) is 0 Å². The fraction of sp³-hybridized carbons (Fsp3) is 0.400. The number of hydrogen-bond acceptors (Lipinski definition) is 4. The zero-order valence-electron chi connectivity index (χ0n) is 18.2. The van der Waals surface area contributed by atoms with Crippen LogP contribution in [0.3, 0.4) is 0 Å². The van der Waals surface area contributed by atoms with E-state index in [2.05, 4.69) is 60.5 Å². The molecule has 2 aliphatic heterocycles. The van der Waals surface area contributed by atoms with Crippen LogP contribution in [0.5, 0.6) is 11.5 Å². The van der Waals surface area contributed by atoms with Crippen LogP contribution in [0.1, 0.15) is 45.2 Å². The Morgan fingerprint density at radius 2 is 1.80 bits per heavy atom. The van der Waals surface area contributed by atoms with Crippen LogP contribution < -0.4 is 19.7 Å². The molecule has 0 spiro atoms. The van der Waals surface area contributed by atoms with Gasteiger partial charge < -0.3 is 19.7 Å². The topological polar surface area (TPSA) is 50.8 Å². The summed E-state index contributed by atoms with van der Waals surface area (Å²) in [7, 11) is 0. The van der Waals surface area contributed by atoms with Crippen LogP contribution in [-0.4, -0.2) is 31.3 Å². The largest absolute Gasteiger partial charge is 0.490 e. The van der Waals surface area contributed by atoms with E-state index < -0.39 is 5.66 Å². The van der Waals surface area contributed by atoms with E-state index in [0.29, 0.717) is 26.2 Å². The van der Waals surface area contributed by atoms with Crippen molar-refractivity contribution in [3.63, 3.8) is 0 Å². The highest BCUT2D eigenvalue weighted by Crippen LogP contribution is 2.52. The van der Waals surface area contributed by atoms with Gasteiger partial charge >= 0.3 is 0 Å². The van der Waals surface area contributed by atoms with E-state index in [1.165, 1.54) is 11.3 Å². The molecule has 1 unspecified atom stereocenters. The zero-order valence-corrected chi connectivity index (χ0v) is 18.2. The molecule has 1 fully saturated rings. The molecule has 2 aliphatic rings. The monoisotopic (exact) mass is 406 g/mol. The number of carbonyl (C=O) groups excluding carboxylic acids is 1. The highest BCUT2D eigenvalue weighted by atomic mass is 16.5. The van der Waals surface area contributed by atoms with E-state index in [-0.39, 0.29) is 11.3 Å². The minimum atomic E-state index is -0.615. The number of para-hydroxylation sites is 1. The molecule has 30 heavy (non-hydrogen) atoms. The fourth-order valence-electron chi connectivity index (χ4n) is 4.71. The van der Waals surface area contributed by atoms with Crippen molar-refractivity contribution in [2.75, 3.05) is 24.7 Å². The lowest BCUT2D eigenvalue weighted by Crippen LogP contribution is -2.68. The van der Waals surface area contributed by atoms with Gasteiger partial charge in [-0.15, -0.1) is 0 Å². The van der Waals surface area contributed by atoms with E-state index in [1.807, 2.05) is 32.0 Å². The molecule has 0 saturated carbocycles. The van der Waals surface area contributed by atoms with Crippen LogP contribution in [0.4, 0.5) is 5.69 Å². The van der Waals surface area contributed by atoms with Crippen molar-refractivity contribution >= 4 is 17.7 Å². The summed E-state index contributed by atoms with van der Waals surface area (Å²) in [5.41, 5.74) is 2.54. The summed E-state index contributed by atoms with van der Waals surface area (Å²) in [6.07, 6.45) is 4.71. The Kier molecular flexibility index (Phi) is 5.22. The first-order valence-corrected chi connectivity index (χ1v) is 10.7. The smallest absolute Gasteiger partial charge is 0.223 e. The molecule has 5 nitrogen and oxygen atoms in total. The number of ether oxygens (including phenoxy) is 2. The minimum absolute atomic E-state index is 0.0819. The molecule has 1 atom stereocenters. The minimum Gasteiger partial charge on any atom is -0.490 e. The maximum atomic E-state index is 12.5. The van der Waals surface area contributed by atoms with Gasteiger partial charge in [0.25, 0.3) is 0 Å². The van der Waals surface area contributed by atoms with Crippen molar-refractivity contribution in [1.82, 2.24) is 5.32 Å². The van der Waals surface area contributed by atoms with E-state index >= 15 is 0 Å². The zero-order chi connectivity index (χ0) is 21.4. The van der Waals surface area contributed by atoms with Crippen molar-refractivity contribution in [2.45, 2.75) is 45.2 Å². The number of nitrogens with zero attached hydrogens (tertiary/aromatic N) is 1. The lowest BCUT2D eigenvalue weighted by atomic mass is 9.74. The molecular formula is C25H30N2O3. The summed E-state index contributed by atoms with van der Waals surface area (Å²) < 4.78 is 11.5. The predicted octanol–water partition coefficient (Wildman–Crippen LogP) is 4.51. The number of amides is 1. The molecule has 2 aromatic carbocycles. The average molecular weight is 407 g/mol. The molecule has 1 N–H and O–H groups in total. The summed E-state index contributed by atoms with van der Waals surface area (Å²) in [5, 5.41) is 3.31. The second-order valence-electron chi connectivity index (χ2n) is 8.26. The van der Waals surface area contributed by atoms with Gasteiger partial charge in [0.05, 0.1) is 13.2 Å². The van der Waals surface area contributed by atoms with Crippen molar-refractivity contribution in [3.8, 4) is 11.5 Å². The van der Waals surface area contributed by atoms with Gasteiger partial charge in [0, 0.05) is 24.1 Å². The van der Waals surface area contributed by atoms with Crippen molar-refractivity contribution in [3.05, 3.63) is 59.7 Å². The SMILES string of the molecule is CCOc1ccc(C=CC23NC(=O)CCN2c2ccccc2C3(C)C)cc1OCC. The standard InChI is InChI=1S/C25H30N2O3/c1-5-29-21-12-11-18(17-22(21)30-6-2)13-15-25-24(3,4)19-9-7-8-10-20(19)27(25)16-14-23(28)26-25/h7-13,15,17H,5-6,14,16H2,1-4H3,(H,26,28). The molecule has 5 heteroatoms. The summed E-state index contributed by atoms with van der Waals surface area (Å²) in [6, 6.07) is 14.4. The Hall–Kier alpha value is -2.95. The van der Waals surface area contributed by atoms with Gasteiger partial charge in [-0.2, -0.15) is 0 Å². The second kappa shape index (κ2) is 7.71. The maximum Gasteiger partial charge on any atom is 0.223 e. The molecule has 1 saturated heterocycles. The Bertz CT molecular complexity index is 982. The van der Waals surface area contributed by atoms with E-state index in [0.717, 1.165) is 17.1 Å². The number of nitrogens with one attached hydrogen (secondary N) is 1. The third-order valence-electron chi connectivity index (χ3n) is 6.22. The molecule has 1 amide bonds. The van der Waals surface area contributed by atoms with Gasteiger partial charge in [0.15, 0.2) is 11.5 Å². The lowest BCUT2D eigenvalue weighted by molar-refractivity contribution is -0.124. The summed E-state index contributed by atoms with van der Waals surface area (Å²) in [6.45, 7) is 10.2. The number of hydrogen-bond donors (Lipinski definition) is 1. The third-order valence-corrected chi connectivity index (χ3v) is 6.22. The predicted molar refractivity (Wildman–Crippen MR) is 120 cm³/mol. The van der Waals surface area contributed by atoms with Gasteiger partial charge in [-0.1, -0.05) is 44.2 Å². The Labute approximate surface area is 178 Å². The van der Waals surface area contributed by atoms with Crippen LogP contribution >= 0.6 is 0 Å². The Morgan fingerprint density at radius 1 is 1.07 bits per heavy atom. The van der Waals surface area contributed by atoms with Crippen LogP contribution in [0.25, 0.3) is 6.08 Å². The first-order chi connectivity index (χ1) is 14.4. The highest BCUT2D eigenvalue weighted by Gasteiger charge is 2.57. The van der Waals surface area contributed by atoms with Gasteiger partial charge in [-0.05, 0) is 49.2 Å². The third kappa shape index (κ3) is 3.13. The number of carbonyl (C=O) groups is 1. The lowest BCUT2D eigenvalue weighted by Gasteiger charge is -2.49. The first-order valence-electron chi connectivity index (χ1n) is 10.7. The molecule has 2 heterocycles. The fourth-order valence-corrected chi connectivity index (χ4v) is 4.71. The van der Waals surface area contributed by atoms with Gasteiger partial charge in [0.2, 0.25) is 5.91 Å². The van der Waals surface area contributed by atoms with Gasteiger partial charge in [-0.25, -0.2) is 0 Å². The maximum absolute atomic E-state index is 12.5. The van der Waals surface area contributed by atoms with Crippen molar-refractivity contribution in [1.29, 1.82) is 0 Å². The molecule has 2 aromatic rings. The molecule has 4 rings (SSSR count). The van der Waals surface area contributed by atoms with E-state index in [1.54, 1.807) is 0 Å². The summed E-state index contributed by atoms with van der Waals surface area (Å²) >= 11 is 0. The first kappa shape index (κ1) is 20.3. The molecule has 158 valence electrons. The van der Waals surface area contributed by atoms with E-state index in [4.69, 9.17) is 9.47 Å². The Balaban J connectivity index is 1.76. The average Bonchev–Trinajstić information content (AvgIpc) is 2.92. The molecular weight excluding hydrogens is 376 g/mol. The number of fused-ring (bicyclic) bond motifs is 3. The van der Waals surface area contributed by atoms with Gasteiger partial charge in [0.1, 0.15) is 5.66 Å². The molecule has 0 radical (unpaired) electrons. The summed E-state index contributed by atoms with van der Waals surface area (Å²) in [4.78, 5) is 14.8. The van der Waals surface area contributed by atoms with Crippen LogP contribution in [-0.2, 0) is 10.2 Å². The summed E-state index contributed by atoms with van der Waals surface area (Å²) in [5.74, 6) is 1.56. The van der Waals surface area contributed by atoms with E-state index in [9.17, 15) is 4.79 Å². The second-order valence-corrected chi connectivity index (χ2v) is 8.26. The number of anilines is 1. The molecule has 0 bridgehead atoms. The van der Waals surface area contributed by atoms with Gasteiger partial charge in [-0.3, -0.25) is 4.79 Å². The Morgan fingerprint density at radius 3 is 2.57 bits per heavy atom. The number of rotatable bonds is 6. The normalized spacial score (nSPS) is 21.9.